The van der Waals surface area contributed by atoms with Crippen LogP contribution in [0.3, 0.4) is 0 Å². The molecule has 178 valence electrons. The number of amides is 2. The van der Waals surface area contributed by atoms with Gasteiger partial charge in [0.1, 0.15) is 24.7 Å². The van der Waals surface area contributed by atoms with Crippen molar-refractivity contribution < 1.29 is 29.3 Å². The first-order chi connectivity index (χ1) is 16.3. The fraction of sp³-hybridized carbons (Fsp3) is 0.333. The zero-order chi connectivity index (χ0) is 24.5. The Morgan fingerprint density at radius 2 is 1.91 bits per heavy atom. The second-order valence-electron chi connectivity index (χ2n) is 7.73. The summed E-state index contributed by atoms with van der Waals surface area (Å²) in [6, 6.07) is 8.16. The van der Waals surface area contributed by atoms with E-state index in [0.717, 1.165) is 26.1 Å². The Balaban J connectivity index is 1.52. The highest BCUT2D eigenvalue weighted by Gasteiger charge is 2.19. The minimum Gasteiger partial charge on any atom is -0.505 e. The first-order valence-corrected chi connectivity index (χ1v) is 10.7. The number of aromatic hydroxyl groups is 1. The zero-order valence-electron chi connectivity index (χ0n) is 18.8. The van der Waals surface area contributed by atoms with Crippen molar-refractivity contribution in [2.24, 2.45) is 0 Å². The van der Waals surface area contributed by atoms with Gasteiger partial charge in [-0.2, -0.15) is 0 Å². The predicted molar refractivity (Wildman–Crippen MR) is 123 cm³/mol. The maximum absolute atomic E-state index is 12.7. The number of aliphatic carboxylic acids is 1. The number of rotatable bonds is 6. The number of nitrogens with one attached hydrogen (secondary N) is 1. The van der Waals surface area contributed by atoms with E-state index in [1.807, 2.05) is 4.90 Å². The molecule has 10 heteroatoms. The number of carbonyl (C=O) groups excluding carboxylic acids is 2. The number of nitrogens with zero attached hydrogens (tertiary/aromatic N) is 3. The van der Waals surface area contributed by atoms with E-state index in [4.69, 9.17) is 9.84 Å². The summed E-state index contributed by atoms with van der Waals surface area (Å²) in [5.41, 5.74) is 0.682. The van der Waals surface area contributed by atoms with Crippen LogP contribution in [0.4, 0.5) is 0 Å². The summed E-state index contributed by atoms with van der Waals surface area (Å²) in [6.07, 6.45) is 2.25. The van der Waals surface area contributed by atoms with E-state index >= 15 is 0 Å². The number of carboxylic acid groups (broad SMARTS) is 1. The molecule has 3 rings (SSSR count). The molecule has 0 aliphatic carbocycles. The van der Waals surface area contributed by atoms with Crippen molar-refractivity contribution in [3.05, 3.63) is 53.3 Å². The Hall–Kier alpha value is -4.10. The molecule has 2 amide bonds. The molecule has 1 aliphatic rings. The average Bonchev–Trinajstić information content (AvgIpc) is 3.04. The second kappa shape index (κ2) is 11.7. The average molecular weight is 466 g/mol. The van der Waals surface area contributed by atoms with Crippen LogP contribution in [-0.4, -0.2) is 89.2 Å². The van der Waals surface area contributed by atoms with E-state index in [-0.39, 0.29) is 18.2 Å². The number of hydrogen-bond donors (Lipinski definition) is 3. The highest BCUT2D eigenvalue weighted by molar-refractivity contribution is 5.96. The Labute approximate surface area is 197 Å². The van der Waals surface area contributed by atoms with Crippen LogP contribution in [0.2, 0.25) is 0 Å². The second-order valence-corrected chi connectivity index (χ2v) is 7.73. The van der Waals surface area contributed by atoms with E-state index in [0.29, 0.717) is 23.4 Å². The molecule has 1 saturated heterocycles. The van der Waals surface area contributed by atoms with Crippen molar-refractivity contribution in [3.63, 3.8) is 0 Å². The lowest BCUT2D eigenvalue weighted by atomic mass is 10.2. The van der Waals surface area contributed by atoms with Crippen molar-refractivity contribution in [2.75, 3.05) is 46.4 Å². The van der Waals surface area contributed by atoms with Gasteiger partial charge >= 0.3 is 5.97 Å². The largest absolute Gasteiger partial charge is 0.505 e. The van der Waals surface area contributed by atoms with Crippen molar-refractivity contribution in [1.82, 2.24) is 20.1 Å². The van der Waals surface area contributed by atoms with Crippen LogP contribution in [0.5, 0.6) is 11.5 Å². The lowest BCUT2D eigenvalue weighted by Crippen LogP contribution is -2.34. The van der Waals surface area contributed by atoms with Gasteiger partial charge in [0.15, 0.2) is 5.69 Å². The lowest BCUT2D eigenvalue weighted by Gasteiger charge is -2.20. The van der Waals surface area contributed by atoms with Gasteiger partial charge in [-0.1, -0.05) is 11.8 Å². The summed E-state index contributed by atoms with van der Waals surface area (Å²) in [7, 11) is 2.06. The predicted octanol–water partition coefficient (Wildman–Crippen LogP) is 0.810. The molecule has 34 heavy (non-hydrogen) atoms. The number of pyridine rings is 1. The van der Waals surface area contributed by atoms with Gasteiger partial charge in [0, 0.05) is 37.0 Å². The third kappa shape index (κ3) is 6.95. The summed E-state index contributed by atoms with van der Waals surface area (Å²) in [4.78, 5) is 42.9. The molecule has 1 aliphatic heterocycles. The van der Waals surface area contributed by atoms with Crippen molar-refractivity contribution in [3.8, 4) is 23.3 Å². The van der Waals surface area contributed by atoms with Gasteiger partial charge in [-0.15, -0.1) is 0 Å². The number of ether oxygens (including phenoxy) is 1. The first-order valence-electron chi connectivity index (χ1n) is 10.7. The smallest absolute Gasteiger partial charge is 0.322 e. The molecule has 0 atom stereocenters. The molecule has 2 heterocycles. The Kier molecular flexibility index (Phi) is 8.43. The minimum atomic E-state index is -1.21. The monoisotopic (exact) mass is 466 g/mol. The number of benzene rings is 1. The van der Waals surface area contributed by atoms with Crippen LogP contribution in [0.25, 0.3) is 0 Å². The molecule has 0 unspecified atom stereocenters. The van der Waals surface area contributed by atoms with Gasteiger partial charge in [-0.25, -0.2) is 4.98 Å². The fourth-order valence-corrected chi connectivity index (χ4v) is 3.32. The maximum Gasteiger partial charge on any atom is 0.322 e. The van der Waals surface area contributed by atoms with Crippen molar-refractivity contribution in [2.45, 2.75) is 6.42 Å². The summed E-state index contributed by atoms with van der Waals surface area (Å²) < 4.78 is 5.58. The van der Waals surface area contributed by atoms with Crippen LogP contribution in [0.1, 0.15) is 32.8 Å². The van der Waals surface area contributed by atoms with Crippen LogP contribution in [0.15, 0.2) is 36.5 Å². The third-order valence-corrected chi connectivity index (χ3v) is 5.13. The number of carbonyl (C=O) groups is 3. The number of carboxylic acids is 1. The Morgan fingerprint density at radius 1 is 1.15 bits per heavy atom. The van der Waals surface area contributed by atoms with Gasteiger partial charge in [-0.05, 0) is 50.3 Å². The van der Waals surface area contributed by atoms with E-state index < -0.39 is 24.2 Å². The summed E-state index contributed by atoms with van der Waals surface area (Å²) >= 11 is 0. The quantitative estimate of drug-likeness (QED) is 0.533. The standard InChI is InChI=1S/C24H26N4O6/c1-27-9-3-10-28(12-11-27)24(33)18-5-7-19(8-6-18)34-13-2-4-17-14-20(29)22(25-15-17)23(32)26-16-21(30)31/h5-8,14-15,29H,3,9-13,16H2,1H3,(H,26,32)(H,30,31). The molecule has 0 spiro atoms. The molecule has 3 N–H and O–H groups in total. The minimum absolute atomic E-state index is 0.00837. The van der Waals surface area contributed by atoms with Gasteiger partial charge in [0.2, 0.25) is 0 Å². The van der Waals surface area contributed by atoms with Crippen molar-refractivity contribution >= 4 is 17.8 Å². The lowest BCUT2D eigenvalue weighted by molar-refractivity contribution is -0.135. The molecular weight excluding hydrogens is 440 g/mol. The molecule has 0 radical (unpaired) electrons. The van der Waals surface area contributed by atoms with Crippen LogP contribution >= 0.6 is 0 Å². The van der Waals surface area contributed by atoms with Gasteiger partial charge < -0.3 is 30.1 Å². The normalized spacial score (nSPS) is 13.9. The third-order valence-electron chi connectivity index (χ3n) is 5.13. The molecule has 10 nitrogen and oxygen atoms in total. The maximum atomic E-state index is 12.7. The van der Waals surface area contributed by atoms with E-state index in [1.165, 1.54) is 12.3 Å². The highest BCUT2D eigenvalue weighted by Crippen LogP contribution is 2.16. The molecule has 1 fully saturated rings. The summed E-state index contributed by atoms with van der Waals surface area (Å²) in [6.45, 7) is 2.78. The van der Waals surface area contributed by atoms with E-state index in [1.54, 1.807) is 24.3 Å². The van der Waals surface area contributed by atoms with E-state index in [2.05, 4.69) is 34.1 Å². The Bertz CT molecular complexity index is 1110. The zero-order valence-corrected chi connectivity index (χ0v) is 18.8. The van der Waals surface area contributed by atoms with Crippen LogP contribution in [0, 0.1) is 11.8 Å². The number of likely N-dealkylation sites (N-methyl/N-ethyl adjacent to an activating group) is 1. The fourth-order valence-electron chi connectivity index (χ4n) is 3.32. The number of aromatic nitrogens is 1. The molecule has 0 bridgehead atoms. The molecule has 1 aromatic heterocycles. The highest BCUT2D eigenvalue weighted by atomic mass is 16.5. The topological polar surface area (TPSA) is 132 Å². The molecule has 2 aromatic rings. The molecule has 1 aromatic carbocycles. The molecule has 0 saturated carbocycles. The Morgan fingerprint density at radius 3 is 2.62 bits per heavy atom. The van der Waals surface area contributed by atoms with Gasteiger partial charge in [-0.3, -0.25) is 14.4 Å². The van der Waals surface area contributed by atoms with Crippen LogP contribution < -0.4 is 10.1 Å². The summed E-state index contributed by atoms with van der Waals surface area (Å²) in [5.74, 6) is 3.71. The van der Waals surface area contributed by atoms with Gasteiger partial charge in [0.05, 0.1) is 0 Å². The van der Waals surface area contributed by atoms with Crippen molar-refractivity contribution in [1.29, 1.82) is 0 Å². The first kappa shape index (κ1) is 24.5. The number of hydrogen-bond acceptors (Lipinski definition) is 7. The van der Waals surface area contributed by atoms with E-state index in [9.17, 15) is 19.5 Å². The van der Waals surface area contributed by atoms with Gasteiger partial charge in [0.25, 0.3) is 11.8 Å². The summed E-state index contributed by atoms with van der Waals surface area (Å²) in [5, 5.41) is 20.7. The molecular formula is C24H26N4O6. The SMILES string of the molecule is CN1CCCN(C(=O)c2ccc(OCC#Cc3cnc(C(=O)NCC(=O)O)c(O)c3)cc2)CC1. The van der Waals surface area contributed by atoms with Crippen LogP contribution in [-0.2, 0) is 4.79 Å².